The molecule has 0 radical (unpaired) electrons. The summed E-state index contributed by atoms with van der Waals surface area (Å²) in [6.45, 7) is 4.74. The van der Waals surface area contributed by atoms with E-state index in [0.717, 1.165) is 0 Å². The monoisotopic (exact) mass is 142 g/mol. The first kappa shape index (κ1) is 10.9. The Hall–Kier alpha value is -0.990. The molecule has 0 spiro atoms. The SMILES string of the molecule is C=CC#N.CC(Cl)C#N. The van der Waals surface area contributed by atoms with Gasteiger partial charge in [0.05, 0.1) is 12.1 Å². The van der Waals surface area contributed by atoms with Crippen LogP contribution in [0.25, 0.3) is 0 Å². The van der Waals surface area contributed by atoms with Gasteiger partial charge in [0.25, 0.3) is 0 Å². The van der Waals surface area contributed by atoms with Gasteiger partial charge in [0.1, 0.15) is 5.38 Å². The summed E-state index contributed by atoms with van der Waals surface area (Å²) in [5, 5.41) is 14.9. The van der Waals surface area contributed by atoms with E-state index in [-0.39, 0.29) is 5.38 Å². The minimum atomic E-state index is -0.338. The molecule has 0 bridgehead atoms. The molecule has 0 heterocycles. The molecule has 0 aromatic rings. The fourth-order valence-corrected chi connectivity index (χ4v) is 0. The van der Waals surface area contributed by atoms with Gasteiger partial charge in [0.2, 0.25) is 0 Å². The average molecular weight is 143 g/mol. The van der Waals surface area contributed by atoms with E-state index in [1.807, 2.05) is 0 Å². The zero-order valence-corrected chi connectivity index (χ0v) is 5.89. The van der Waals surface area contributed by atoms with E-state index in [9.17, 15) is 0 Å². The summed E-state index contributed by atoms with van der Waals surface area (Å²) in [4.78, 5) is 0. The van der Waals surface area contributed by atoms with Gasteiger partial charge < -0.3 is 0 Å². The van der Waals surface area contributed by atoms with E-state index in [2.05, 4.69) is 6.58 Å². The van der Waals surface area contributed by atoms with Crippen LogP contribution in [-0.2, 0) is 0 Å². The average Bonchev–Trinajstić information content (AvgIpc) is 1.89. The summed E-state index contributed by atoms with van der Waals surface area (Å²) in [6.07, 6.45) is 1.18. The standard InChI is InChI=1S/C3H4ClN.C3H3N/c1-3(4)2-5;1-2-3-4/h3H,1H3;2H,1H2. The van der Waals surface area contributed by atoms with Gasteiger partial charge in [-0.05, 0) is 6.92 Å². The Balaban J connectivity index is 0. The van der Waals surface area contributed by atoms with Crippen molar-refractivity contribution >= 4 is 11.6 Å². The molecule has 0 aliphatic rings. The van der Waals surface area contributed by atoms with Crippen LogP contribution < -0.4 is 0 Å². The Morgan fingerprint density at radius 2 is 1.89 bits per heavy atom. The highest BCUT2D eigenvalue weighted by Crippen LogP contribution is 1.85. The molecule has 0 N–H and O–H groups in total. The van der Waals surface area contributed by atoms with Gasteiger partial charge >= 0.3 is 0 Å². The van der Waals surface area contributed by atoms with Crippen molar-refractivity contribution < 1.29 is 0 Å². The molecule has 1 unspecified atom stereocenters. The second-order valence-electron chi connectivity index (χ2n) is 1.08. The number of nitrogens with zero attached hydrogens (tertiary/aromatic N) is 2. The summed E-state index contributed by atoms with van der Waals surface area (Å²) in [5.41, 5.74) is 0. The second kappa shape index (κ2) is 10.1. The van der Waals surface area contributed by atoms with Crippen molar-refractivity contribution in [3.05, 3.63) is 12.7 Å². The number of nitriles is 2. The Morgan fingerprint density at radius 1 is 1.67 bits per heavy atom. The lowest BCUT2D eigenvalue weighted by atomic mass is 10.6. The minimum Gasteiger partial charge on any atom is -0.197 e. The number of halogens is 1. The highest BCUT2D eigenvalue weighted by Gasteiger charge is 1.82. The molecular weight excluding hydrogens is 136 g/mol. The third-order valence-electron chi connectivity index (χ3n) is 0.269. The summed E-state index contributed by atoms with van der Waals surface area (Å²) >= 11 is 5.10. The molecule has 0 aromatic carbocycles. The highest BCUT2D eigenvalue weighted by atomic mass is 35.5. The summed E-state index contributed by atoms with van der Waals surface area (Å²) in [7, 11) is 0. The molecule has 0 fully saturated rings. The van der Waals surface area contributed by atoms with Crippen LogP contribution in [0, 0.1) is 22.7 Å². The first-order valence-electron chi connectivity index (χ1n) is 2.23. The maximum atomic E-state index is 7.76. The molecule has 9 heavy (non-hydrogen) atoms. The number of hydrogen-bond acceptors (Lipinski definition) is 2. The zero-order chi connectivity index (χ0) is 7.70. The predicted molar refractivity (Wildman–Crippen MR) is 36.7 cm³/mol. The topological polar surface area (TPSA) is 47.6 Å². The van der Waals surface area contributed by atoms with Crippen molar-refractivity contribution in [3.63, 3.8) is 0 Å². The highest BCUT2D eigenvalue weighted by molar-refractivity contribution is 6.21. The Labute approximate surface area is 60.0 Å². The number of hydrogen-bond donors (Lipinski definition) is 0. The van der Waals surface area contributed by atoms with E-state index in [1.54, 1.807) is 19.1 Å². The number of allylic oxidation sites excluding steroid dienone is 1. The van der Waals surface area contributed by atoms with Crippen LogP contribution in [0.2, 0.25) is 0 Å². The lowest BCUT2D eigenvalue weighted by Gasteiger charge is -1.72. The van der Waals surface area contributed by atoms with Gasteiger partial charge in [0.15, 0.2) is 0 Å². The van der Waals surface area contributed by atoms with Crippen molar-refractivity contribution in [1.82, 2.24) is 0 Å². The van der Waals surface area contributed by atoms with Crippen LogP contribution in [0.4, 0.5) is 0 Å². The minimum absolute atomic E-state index is 0.338. The smallest absolute Gasteiger partial charge is 0.117 e. The van der Waals surface area contributed by atoms with Gasteiger partial charge in [-0.3, -0.25) is 0 Å². The molecule has 0 saturated heterocycles. The van der Waals surface area contributed by atoms with Gasteiger partial charge in [-0.2, -0.15) is 10.5 Å². The maximum Gasteiger partial charge on any atom is 0.117 e. The number of rotatable bonds is 0. The molecule has 0 amide bonds. The molecule has 0 rings (SSSR count). The lowest BCUT2D eigenvalue weighted by molar-refractivity contribution is 1.23. The molecule has 2 nitrogen and oxygen atoms in total. The van der Waals surface area contributed by atoms with E-state index >= 15 is 0 Å². The van der Waals surface area contributed by atoms with Gasteiger partial charge in [0, 0.05) is 6.08 Å². The molecule has 1 atom stereocenters. The van der Waals surface area contributed by atoms with Crippen molar-refractivity contribution in [2.24, 2.45) is 0 Å². The molecule has 0 aliphatic heterocycles. The first-order valence-corrected chi connectivity index (χ1v) is 2.66. The maximum absolute atomic E-state index is 7.76. The van der Waals surface area contributed by atoms with Crippen LogP contribution in [0.1, 0.15) is 6.92 Å². The lowest BCUT2D eigenvalue weighted by Crippen LogP contribution is -1.77. The zero-order valence-electron chi connectivity index (χ0n) is 5.13. The molecule has 3 heteroatoms. The molecule has 0 aliphatic carbocycles. The van der Waals surface area contributed by atoms with Crippen molar-refractivity contribution in [2.45, 2.75) is 12.3 Å². The van der Waals surface area contributed by atoms with Crippen molar-refractivity contribution in [2.75, 3.05) is 0 Å². The second-order valence-corrected chi connectivity index (χ2v) is 1.73. The van der Waals surface area contributed by atoms with Gasteiger partial charge in [-0.25, -0.2) is 0 Å². The fraction of sp³-hybridized carbons (Fsp3) is 0.333. The molecule has 48 valence electrons. The first-order chi connectivity index (χ1) is 4.18. The predicted octanol–water partition coefficient (Wildman–Crippen LogP) is 1.83. The van der Waals surface area contributed by atoms with Crippen molar-refractivity contribution in [3.8, 4) is 12.1 Å². The number of alkyl halides is 1. The van der Waals surface area contributed by atoms with Crippen LogP contribution in [0.3, 0.4) is 0 Å². The normalized spacial score (nSPS) is 8.89. The summed E-state index contributed by atoms with van der Waals surface area (Å²) in [6, 6.07) is 3.49. The van der Waals surface area contributed by atoms with E-state index in [0.29, 0.717) is 0 Å². The van der Waals surface area contributed by atoms with Crippen LogP contribution in [-0.4, -0.2) is 5.38 Å². The van der Waals surface area contributed by atoms with E-state index in [4.69, 9.17) is 22.1 Å². The van der Waals surface area contributed by atoms with Gasteiger partial charge in [-0.1, -0.05) is 6.58 Å². The molecule has 0 saturated carbocycles. The largest absolute Gasteiger partial charge is 0.197 e. The quantitative estimate of drug-likeness (QED) is 0.383. The third kappa shape index (κ3) is 43.6. The van der Waals surface area contributed by atoms with Crippen LogP contribution >= 0.6 is 11.6 Å². The van der Waals surface area contributed by atoms with E-state index < -0.39 is 0 Å². The van der Waals surface area contributed by atoms with Crippen LogP contribution in [0.15, 0.2) is 12.7 Å². The molecule has 0 aromatic heterocycles. The Morgan fingerprint density at radius 3 is 1.89 bits per heavy atom. The summed E-state index contributed by atoms with van der Waals surface area (Å²) < 4.78 is 0. The van der Waals surface area contributed by atoms with Gasteiger partial charge in [-0.15, -0.1) is 11.6 Å². The Kier molecular flexibility index (Phi) is 12.2. The van der Waals surface area contributed by atoms with Crippen molar-refractivity contribution in [1.29, 1.82) is 10.5 Å². The fourth-order valence-electron chi connectivity index (χ4n) is 0. The summed E-state index contributed by atoms with van der Waals surface area (Å²) in [5.74, 6) is 0. The molecular formula is C6H7ClN2. The third-order valence-corrected chi connectivity index (χ3v) is 0.367. The Bertz CT molecular complexity index is 138. The van der Waals surface area contributed by atoms with E-state index in [1.165, 1.54) is 6.08 Å². The van der Waals surface area contributed by atoms with Crippen LogP contribution in [0.5, 0.6) is 0 Å².